The summed E-state index contributed by atoms with van der Waals surface area (Å²) in [6, 6.07) is 8.99. The largest absolute Gasteiger partial charge is 0.478 e. The summed E-state index contributed by atoms with van der Waals surface area (Å²) in [5.74, 6) is -1.17. The highest BCUT2D eigenvalue weighted by atomic mass is 32.2. The lowest BCUT2D eigenvalue weighted by molar-refractivity contribution is 0.0696. The summed E-state index contributed by atoms with van der Waals surface area (Å²) in [7, 11) is -7.88. The Morgan fingerprint density at radius 1 is 0.903 bits per heavy atom. The highest BCUT2D eigenvalue weighted by Crippen LogP contribution is 2.29. The van der Waals surface area contributed by atoms with E-state index in [0.717, 1.165) is 6.42 Å². The van der Waals surface area contributed by atoms with Crippen molar-refractivity contribution in [1.82, 2.24) is 4.31 Å². The van der Waals surface area contributed by atoms with Gasteiger partial charge in [0.25, 0.3) is 10.0 Å². The summed E-state index contributed by atoms with van der Waals surface area (Å²) in [5.41, 5.74) is 0.478. The maximum absolute atomic E-state index is 12.9. The predicted octanol–water partition coefficient (Wildman–Crippen LogP) is 3.04. The van der Waals surface area contributed by atoms with Gasteiger partial charge in [-0.15, -0.1) is 0 Å². The SMILES string of the molecule is CCCNc1ccc(S(=O)(=O)N(CC)CC)cc1NS(=O)(=O)c1ccc(C(=O)O)cc1. The standard InChI is InChI=1S/C20H27N3O6S2/c1-4-13-21-18-12-11-17(31(28,29)23(5-2)6-3)14-19(18)22-30(26,27)16-9-7-15(8-10-16)20(24)25/h7-12,14,21-22H,4-6,13H2,1-3H3,(H,24,25). The smallest absolute Gasteiger partial charge is 0.335 e. The number of carbonyl (C=O) groups is 1. The molecule has 9 nitrogen and oxygen atoms in total. The van der Waals surface area contributed by atoms with E-state index in [1.165, 1.54) is 46.8 Å². The van der Waals surface area contributed by atoms with Crippen LogP contribution in [0.15, 0.2) is 52.3 Å². The fourth-order valence-corrected chi connectivity index (χ4v) is 5.43. The average Bonchev–Trinajstić information content (AvgIpc) is 2.73. The summed E-state index contributed by atoms with van der Waals surface area (Å²) in [6.07, 6.45) is 0.780. The number of anilines is 2. The molecule has 2 aromatic carbocycles. The van der Waals surface area contributed by atoms with E-state index in [-0.39, 0.29) is 34.1 Å². The van der Waals surface area contributed by atoms with Gasteiger partial charge in [0, 0.05) is 19.6 Å². The number of aromatic carboxylic acids is 1. The number of hydrogen-bond donors (Lipinski definition) is 3. The molecule has 0 radical (unpaired) electrons. The minimum atomic E-state index is -4.09. The van der Waals surface area contributed by atoms with E-state index in [1.54, 1.807) is 13.8 Å². The number of benzene rings is 2. The molecule has 0 aromatic heterocycles. The molecular formula is C20H27N3O6S2. The lowest BCUT2D eigenvalue weighted by Crippen LogP contribution is -2.30. The zero-order valence-electron chi connectivity index (χ0n) is 17.6. The van der Waals surface area contributed by atoms with Crippen LogP contribution in [-0.4, -0.2) is 51.9 Å². The van der Waals surface area contributed by atoms with E-state index in [2.05, 4.69) is 10.0 Å². The summed E-state index contributed by atoms with van der Waals surface area (Å²) < 4.78 is 55.2. The summed E-state index contributed by atoms with van der Waals surface area (Å²) in [4.78, 5) is 10.8. The van der Waals surface area contributed by atoms with Gasteiger partial charge in [-0.05, 0) is 48.9 Å². The number of hydrogen-bond acceptors (Lipinski definition) is 6. The van der Waals surface area contributed by atoms with E-state index >= 15 is 0 Å². The van der Waals surface area contributed by atoms with Crippen molar-refractivity contribution in [1.29, 1.82) is 0 Å². The molecule has 0 amide bonds. The molecule has 0 spiro atoms. The molecule has 0 saturated heterocycles. The Balaban J connectivity index is 2.49. The fraction of sp³-hybridized carbons (Fsp3) is 0.350. The summed E-state index contributed by atoms with van der Waals surface area (Å²) in [5, 5.41) is 12.1. The van der Waals surface area contributed by atoms with E-state index in [1.807, 2.05) is 6.92 Å². The molecule has 2 rings (SSSR count). The molecule has 11 heteroatoms. The average molecular weight is 470 g/mol. The Bertz CT molecular complexity index is 1130. The van der Waals surface area contributed by atoms with Crippen LogP contribution >= 0.6 is 0 Å². The molecule has 31 heavy (non-hydrogen) atoms. The van der Waals surface area contributed by atoms with E-state index in [0.29, 0.717) is 12.2 Å². The van der Waals surface area contributed by atoms with Crippen molar-refractivity contribution >= 4 is 37.4 Å². The molecule has 0 aliphatic carbocycles. The second-order valence-electron chi connectivity index (χ2n) is 6.66. The molecule has 170 valence electrons. The molecule has 0 aliphatic heterocycles. The van der Waals surface area contributed by atoms with Gasteiger partial charge in [0.15, 0.2) is 0 Å². The van der Waals surface area contributed by atoms with Crippen LogP contribution in [-0.2, 0) is 20.0 Å². The first-order chi connectivity index (χ1) is 14.6. The van der Waals surface area contributed by atoms with Crippen molar-refractivity contribution in [2.24, 2.45) is 0 Å². The van der Waals surface area contributed by atoms with Crippen LogP contribution in [0, 0.1) is 0 Å². The first-order valence-corrected chi connectivity index (χ1v) is 12.7. The normalized spacial score (nSPS) is 12.0. The minimum absolute atomic E-state index is 0.0304. The van der Waals surface area contributed by atoms with E-state index in [9.17, 15) is 21.6 Å². The molecule has 0 aliphatic rings. The molecule has 0 unspecified atom stereocenters. The van der Waals surface area contributed by atoms with Gasteiger partial charge < -0.3 is 10.4 Å². The van der Waals surface area contributed by atoms with Crippen molar-refractivity contribution < 1.29 is 26.7 Å². The van der Waals surface area contributed by atoms with Crippen LogP contribution in [0.5, 0.6) is 0 Å². The Kier molecular flexibility index (Phi) is 8.04. The highest BCUT2D eigenvalue weighted by Gasteiger charge is 2.24. The van der Waals surface area contributed by atoms with E-state index < -0.39 is 26.0 Å². The number of nitrogens with zero attached hydrogens (tertiary/aromatic N) is 1. The number of rotatable bonds is 11. The van der Waals surface area contributed by atoms with Crippen molar-refractivity contribution in [3.8, 4) is 0 Å². The third kappa shape index (κ3) is 5.75. The van der Waals surface area contributed by atoms with E-state index in [4.69, 9.17) is 5.11 Å². The van der Waals surface area contributed by atoms with Crippen LogP contribution in [0.2, 0.25) is 0 Å². The molecule has 0 atom stereocenters. The zero-order chi connectivity index (χ0) is 23.2. The van der Waals surface area contributed by atoms with Gasteiger partial charge in [0.1, 0.15) is 0 Å². The first-order valence-electron chi connectivity index (χ1n) is 9.81. The monoisotopic (exact) mass is 469 g/mol. The summed E-state index contributed by atoms with van der Waals surface area (Å²) >= 11 is 0. The quantitative estimate of drug-likeness (QED) is 0.461. The van der Waals surface area contributed by atoms with Gasteiger partial charge in [0.05, 0.1) is 26.7 Å². The second-order valence-corrected chi connectivity index (χ2v) is 10.3. The van der Waals surface area contributed by atoms with Crippen molar-refractivity contribution in [3.05, 3.63) is 48.0 Å². The lowest BCUT2D eigenvalue weighted by atomic mass is 10.2. The summed E-state index contributed by atoms with van der Waals surface area (Å²) in [6.45, 7) is 6.52. The van der Waals surface area contributed by atoms with Gasteiger partial charge in [-0.25, -0.2) is 21.6 Å². The number of carboxylic acid groups (broad SMARTS) is 1. The van der Waals surface area contributed by atoms with Crippen LogP contribution < -0.4 is 10.0 Å². The molecule has 0 bridgehead atoms. The zero-order valence-corrected chi connectivity index (χ0v) is 19.3. The predicted molar refractivity (Wildman–Crippen MR) is 120 cm³/mol. The third-order valence-electron chi connectivity index (χ3n) is 4.56. The van der Waals surface area contributed by atoms with Crippen LogP contribution in [0.25, 0.3) is 0 Å². The maximum atomic E-state index is 12.9. The fourth-order valence-electron chi connectivity index (χ4n) is 2.88. The molecule has 3 N–H and O–H groups in total. The van der Waals surface area contributed by atoms with Crippen LogP contribution in [0.4, 0.5) is 11.4 Å². The Morgan fingerprint density at radius 2 is 1.48 bits per heavy atom. The highest BCUT2D eigenvalue weighted by molar-refractivity contribution is 7.92. The van der Waals surface area contributed by atoms with Gasteiger partial charge >= 0.3 is 5.97 Å². The van der Waals surface area contributed by atoms with Crippen molar-refractivity contribution in [3.63, 3.8) is 0 Å². The van der Waals surface area contributed by atoms with Crippen molar-refractivity contribution in [2.75, 3.05) is 29.7 Å². The molecule has 0 saturated carbocycles. The van der Waals surface area contributed by atoms with Gasteiger partial charge in [-0.2, -0.15) is 4.31 Å². The Hall–Kier alpha value is -2.63. The number of carboxylic acids is 1. The van der Waals surface area contributed by atoms with Gasteiger partial charge in [-0.3, -0.25) is 4.72 Å². The van der Waals surface area contributed by atoms with Gasteiger partial charge in [-0.1, -0.05) is 20.8 Å². The Labute approximate surface area is 183 Å². The van der Waals surface area contributed by atoms with Crippen molar-refractivity contribution in [2.45, 2.75) is 37.0 Å². The third-order valence-corrected chi connectivity index (χ3v) is 7.98. The Morgan fingerprint density at radius 3 is 2.00 bits per heavy atom. The maximum Gasteiger partial charge on any atom is 0.335 e. The van der Waals surface area contributed by atoms with Crippen LogP contribution in [0.3, 0.4) is 0 Å². The molecular weight excluding hydrogens is 442 g/mol. The molecule has 0 heterocycles. The molecule has 0 fully saturated rings. The number of sulfonamides is 2. The number of nitrogens with one attached hydrogen (secondary N) is 2. The van der Waals surface area contributed by atoms with Gasteiger partial charge in [0.2, 0.25) is 10.0 Å². The minimum Gasteiger partial charge on any atom is -0.478 e. The molecule has 2 aromatic rings. The first kappa shape index (κ1) is 24.6. The topological polar surface area (TPSA) is 133 Å². The second kappa shape index (κ2) is 10.1. The van der Waals surface area contributed by atoms with Crippen LogP contribution in [0.1, 0.15) is 37.6 Å². The lowest BCUT2D eigenvalue weighted by Gasteiger charge is -2.20.